The maximum Gasteiger partial charge on any atom is 0.0305 e. The van der Waals surface area contributed by atoms with E-state index in [4.69, 9.17) is 5.73 Å². The lowest BCUT2D eigenvalue weighted by atomic mass is 9.89. The second-order valence-electron chi connectivity index (χ2n) is 4.47. The molecule has 0 aromatic carbocycles. The van der Waals surface area contributed by atoms with Gasteiger partial charge in [0.15, 0.2) is 0 Å². The lowest BCUT2D eigenvalue weighted by Gasteiger charge is -2.40. The highest BCUT2D eigenvalue weighted by molar-refractivity contribution is 4.87. The van der Waals surface area contributed by atoms with E-state index < -0.39 is 0 Å². The normalized spacial score (nSPS) is 16.6. The van der Waals surface area contributed by atoms with Gasteiger partial charge in [-0.1, -0.05) is 27.7 Å². The molecule has 0 aliphatic carbocycles. The van der Waals surface area contributed by atoms with Crippen molar-refractivity contribution in [2.24, 2.45) is 11.7 Å². The molecule has 1 unspecified atom stereocenters. The van der Waals surface area contributed by atoms with Gasteiger partial charge < -0.3 is 5.73 Å². The average molecular weight is 186 g/mol. The van der Waals surface area contributed by atoms with Crippen LogP contribution >= 0.6 is 0 Å². The molecule has 0 amide bonds. The van der Waals surface area contributed by atoms with Crippen molar-refractivity contribution < 1.29 is 0 Å². The van der Waals surface area contributed by atoms with Crippen LogP contribution in [-0.2, 0) is 0 Å². The van der Waals surface area contributed by atoms with Crippen molar-refractivity contribution in [3.63, 3.8) is 0 Å². The summed E-state index contributed by atoms with van der Waals surface area (Å²) >= 11 is 0. The van der Waals surface area contributed by atoms with Crippen molar-refractivity contribution in [2.75, 3.05) is 19.6 Å². The molecule has 1 atom stereocenters. The number of nitrogens with zero attached hydrogens (tertiary/aromatic N) is 1. The van der Waals surface area contributed by atoms with Crippen LogP contribution in [0.15, 0.2) is 0 Å². The maximum atomic E-state index is 5.87. The van der Waals surface area contributed by atoms with Gasteiger partial charge in [-0.25, -0.2) is 0 Å². The van der Waals surface area contributed by atoms with E-state index >= 15 is 0 Å². The molecule has 80 valence electrons. The lowest BCUT2D eigenvalue weighted by molar-refractivity contribution is 0.101. The molecule has 2 nitrogen and oxygen atoms in total. The fourth-order valence-electron chi connectivity index (χ4n) is 2.21. The third-order valence-corrected chi connectivity index (χ3v) is 2.81. The van der Waals surface area contributed by atoms with Crippen LogP contribution in [0, 0.1) is 5.92 Å². The first-order chi connectivity index (χ1) is 6.00. The van der Waals surface area contributed by atoms with Gasteiger partial charge in [0.05, 0.1) is 0 Å². The van der Waals surface area contributed by atoms with E-state index in [9.17, 15) is 0 Å². The molecule has 0 aromatic heterocycles. The van der Waals surface area contributed by atoms with E-state index in [2.05, 4.69) is 39.5 Å². The molecule has 0 spiro atoms. The highest BCUT2D eigenvalue weighted by Crippen LogP contribution is 2.22. The Morgan fingerprint density at radius 2 is 1.69 bits per heavy atom. The summed E-state index contributed by atoms with van der Waals surface area (Å²) in [6.45, 7) is 14.2. The Morgan fingerprint density at radius 1 is 1.23 bits per heavy atom. The smallest absolute Gasteiger partial charge is 0.0305 e. The molecule has 2 heteroatoms. The number of rotatable bonds is 6. The Morgan fingerprint density at radius 3 is 1.92 bits per heavy atom. The standard InChI is InChI=1S/C11H26N2/c1-6-13(7-2)11(5,9-12)8-10(3)4/h10H,6-9,12H2,1-5H3. The Bertz CT molecular complexity index is 130. The second-order valence-corrected chi connectivity index (χ2v) is 4.47. The quantitative estimate of drug-likeness (QED) is 0.688. The highest BCUT2D eigenvalue weighted by atomic mass is 15.2. The van der Waals surface area contributed by atoms with Gasteiger partial charge in [0.25, 0.3) is 0 Å². The fraction of sp³-hybridized carbons (Fsp3) is 1.00. The first-order valence-corrected chi connectivity index (χ1v) is 5.45. The van der Waals surface area contributed by atoms with Crippen LogP contribution in [0.2, 0.25) is 0 Å². The summed E-state index contributed by atoms with van der Waals surface area (Å²) in [5, 5.41) is 0. The number of hydrogen-bond donors (Lipinski definition) is 1. The van der Waals surface area contributed by atoms with Gasteiger partial charge in [0.2, 0.25) is 0 Å². The summed E-state index contributed by atoms with van der Waals surface area (Å²) < 4.78 is 0. The van der Waals surface area contributed by atoms with E-state index in [1.54, 1.807) is 0 Å². The predicted octanol–water partition coefficient (Wildman–Crippen LogP) is 2.09. The molecule has 13 heavy (non-hydrogen) atoms. The SMILES string of the molecule is CCN(CC)C(C)(CN)CC(C)C. The first kappa shape index (κ1) is 12.9. The summed E-state index contributed by atoms with van der Waals surface area (Å²) in [6.07, 6.45) is 1.19. The predicted molar refractivity (Wildman–Crippen MR) is 59.8 cm³/mol. The molecule has 0 heterocycles. The molecule has 0 fully saturated rings. The van der Waals surface area contributed by atoms with Crippen molar-refractivity contribution in [3.05, 3.63) is 0 Å². The van der Waals surface area contributed by atoms with E-state index in [0.29, 0.717) is 5.92 Å². The molecule has 2 N–H and O–H groups in total. The zero-order chi connectivity index (χ0) is 10.5. The molecule has 0 saturated heterocycles. The molecule has 0 aromatic rings. The summed E-state index contributed by atoms with van der Waals surface area (Å²) in [6, 6.07) is 0. The van der Waals surface area contributed by atoms with E-state index in [1.165, 1.54) is 6.42 Å². The van der Waals surface area contributed by atoms with E-state index in [1.807, 2.05) is 0 Å². The van der Waals surface area contributed by atoms with E-state index in [-0.39, 0.29) is 5.54 Å². The van der Waals surface area contributed by atoms with Gasteiger partial charge in [-0.3, -0.25) is 4.90 Å². The van der Waals surface area contributed by atoms with Crippen LogP contribution < -0.4 is 5.73 Å². The summed E-state index contributed by atoms with van der Waals surface area (Å²) in [7, 11) is 0. The lowest BCUT2D eigenvalue weighted by Crippen LogP contribution is -2.52. The Kier molecular flexibility index (Phi) is 5.57. The Labute approximate surface area is 83.5 Å². The monoisotopic (exact) mass is 186 g/mol. The van der Waals surface area contributed by atoms with Crippen LogP contribution in [0.25, 0.3) is 0 Å². The van der Waals surface area contributed by atoms with Crippen molar-refractivity contribution in [2.45, 2.75) is 46.6 Å². The van der Waals surface area contributed by atoms with Gasteiger partial charge in [0, 0.05) is 12.1 Å². The van der Waals surface area contributed by atoms with Gasteiger partial charge in [-0.2, -0.15) is 0 Å². The molecule has 0 rings (SSSR count). The summed E-state index contributed by atoms with van der Waals surface area (Å²) in [5.74, 6) is 0.717. The Hall–Kier alpha value is -0.0800. The maximum absolute atomic E-state index is 5.87. The average Bonchev–Trinajstić information content (AvgIpc) is 2.05. The third kappa shape index (κ3) is 3.65. The topological polar surface area (TPSA) is 29.3 Å². The van der Waals surface area contributed by atoms with Crippen molar-refractivity contribution in [1.82, 2.24) is 4.90 Å². The van der Waals surface area contributed by atoms with Crippen molar-refractivity contribution in [1.29, 1.82) is 0 Å². The molecular weight excluding hydrogens is 160 g/mol. The summed E-state index contributed by atoms with van der Waals surface area (Å²) in [4.78, 5) is 2.47. The fourth-order valence-corrected chi connectivity index (χ4v) is 2.21. The summed E-state index contributed by atoms with van der Waals surface area (Å²) in [5.41, 5.74) is 6.06. The zero-order valence-electron chi connectivity index (χ0n) is 9.93. The number of likely N-dealkylation sites (N-methyl/N-ethyl adjacent to an activating group) is 1. The zero-order valence-corrected chi connectivity index (χ0v) is 9.93. The van der Waals surface area contributed by atoms with Crippen LogP contribution in [0.4, 0.5) is 0 Å². The minimum Gasteiger partial charge on any atom is -0.329 e. The van der Waals surface area contributed by atoms with E-state index in [0.717, 1.165) is 19.6 Å². The van der Waals surface area contributed by atoms with Gasteiger partial charge in [-0.15, -0.1) is 0 Å². The van der Waals surface area contributed by atoms with Crippen molar-refractivity contribution in [3.8, 4) is 0 Å². The molecule has 0 radical (unpaired) electrons. The minimum absolute atomic E-state index is 0.192. The first-order valence-electron chi connectivity index (χ1n) is 5.45. The Balaban J connectivity index is 4.39. The van der Waals surface area contributed by atoms with Gasteiger partial charge >= 0.3 is 0 Å². The largest absolute Gasteiger partial charge is 0.329 e. The van der Waals surface area contributed by atoms with Crippen LogP contribution in [0.5, 0.6) is 0 Å². The van der Waals surface area contributed by atoms with Gasteiger partial charge in [0.1, 0.15) is 0 Å². The molecule has 0 saturated carbocycles. The number of nitrogens with two attached hydrogens (primary N) is 1. The van der Waals surface area contributed by atoms with Crippen LogP contribution in [0.1, 0.15) is 41.0 Å². The second kappa shape index (κ2) is 5.61. The molecule has 0 bridgehead atoms. The van der Waals surface area contributed by atoms with Gasteiger partial charge in [-0.05, 0) is 32.4 Å². The van der Waals surface area contributed by atoms with Crippen LogP contribution in [-0.4, -0.2) is 30.1 Å². The van der Waals surface area contributed by atoms with Crippen LogP contribution in [0.3, 0.4) is 0 Å². The minimum atomic E-state index is 0.192. The highest BCUT2D eigenvalue weighted by Gasteiger charge is 2.28. The number of hydrogen-bond acceptors (Lipinski definition) is 2. The van der Waals surface area contributed by atoms with Crippen molar-refractivity contribution >= 4 is 0 Å². The molecular formula is C11H26N2. The molecule has 0 aliphatic heterocycles. The third-order valence-electron chi connectivity index (χ3n) is 2.81. The molecule has 0 aliphatic rings.